The molecule has 2 aromatic carbocycles. The van der Waals surface area contributed by atoms with Gasteiger partial charge >= 0.3 is 0 Å². The lowest BCUT2D eigenvalue weighted by Gasteiger charge is -2.32. The van der Waals surface area contributed by atoms with Crippen molar-refractivity contribution in [1.29, 1.82) is 0 Å². The molecular weight excluding hydrogens is 338 g/mol. The number of piperidine rings is 1. The number of carbonyl (C=O) groups is 2. The summed E-state index contributed by atoms with van der Waals surface area (Å²) in [5.74, 6) is 0.260. The van der Waals surface area contributed by atoms with E-state index in [1.807, 2.05) is 65.6 Å². The molecular formula is C22H27N3O2. The number of nitrogens with one attached hydrogen (secondary N) is 1. The third-order valence-corrected chi connectivity index (χ3v) is 5.12. The number of para-hydroxylation sites is 1. The van der Waals surface area contributed by atoms with Crippen LogP contribution in [-0.2, 0) is 16.1 Å². The summed E-state index contributed by atoms with van der Waals surface area (Å²) >= 11 is 0. The van der Waals surface area contributed by atoms with Gasteiger partial charge in [0.05, 0.1) is 13.1 Å². The Morgan fingerprint density at radius 3 is 2.19 bits per heavy atom. The highest BCUT2D eigenvalue weighted by Gasteiger charge is 2.26. The molecule has 5 heteroatoms. The highest BCUT2D eigenvalue weighted by molar-refractivity contribution is 5.94. The fraction of sp³-hybridized carbons (Fsp3) is 0.364. The second-order valence-electron chi connectivity index (χ2n) is 6.97. The number of likely N-dealkylation sites (tertiary alicyclic amines) is 1. The van der Waals surface area contributed by atoms with Gasteiger partial charge in [-0.25, -0.2) is 0 Å². The van der Waals surface area contributed by atoms with Crippen LogP contribution in [0.2, 0.25) is 0 Å². The van der Waals surface area contributed by atoms with Crippen LogP contribution in [0.25, 0.3) is 0 Å². The first-order valence-corrected chi connectivity index (χ1v) is 9.50. The van der Waals surface area contributed by atoms with E-state index < -0.39 is 0 Å². The maximum absolute atomic E-state index is 13.1. The van der Waals surface area contributed by atoms with Crippen molar-refractivity contribution < 1.29 is 9.59 Å². The normalized spacial score (nSPS) is 15.3. The van der Waals surface area contributed by atoms with Crippen LogP contribution in [0.3, 0.4) is 0 Å². The lowest BCUT2D eigenvalue weighted by atomic mass is 9.96. The van der Waals surface area contributed by atoms with E-state index in [0.29, 0.717) is 13.1 Å². The Morgan fingerprint density at radius 2 is 1.59 bits per heavy atom. The van der Waals surface area contributed by atoms with Crippen molar-refractivity contribution in [1.82, 2.24) is 10.2 Å². The van der Waals surface area contributed by atoms with E-state index in [2.05, 4.69) is 10.2 Å². The summed E-state index contributed by atoms with van der Waals surface area (Å²) in [4.78, 5) is 28.9. The minimum absolute atomic E-state index is 0.0656. The fourth-order valence-electron chi connectivity index (χ4n) is 3.53. The second-order valence-corrected chi connectivity index (χ2v) is 6.97. The molecule has 0 aromatic heterocycles. The topological polar surface area (TPSA) is 52.7 Å². The van der Waals surface area contributed by atoms with Crippen LogP contribution >= 0.6 is 0 Å². The van der Waals surface area contributed by atoms with E-state index in [4.69, 9.17) is 0 Å². The van der Waals surface area contributed by atoms with E-state index in [0.717, 1.165) is 37.2 Å². The lowest BCUT2D eigenvalue weighted by Crippen LogP contribution is -2.45. The van der Waals surface area contributed by atoms with E-state index in [1.165, 1.54) is 0 Å². The number of nitrogens with zero attached hydrogens (tertiary/aromatic N) is 2. The molecule has 0 bridgehead atoms. The summed E-state index contributed by atoms with van der Waals surface area (Å²) in [5.41, 5.74) is 2.01. The van der Waals surface area contributed by atoms with Gasteiger partial charge in [0.1, 0.15) is 0 Å². The molecule has 2 aromatic rings. The first-order chi connectivity index (χ1) is 13.2. The van der Waals surface area contributed by atoms with Crippen molar-refractivity contribution in [2.24, 2.45) is 5.92 Å². The van der Waals surface area contributed by atoms with Gasteiger partial charge in [-0.1, -0.05) is 48.5 Å². The molecule has 1 N–H and O–H groups in total. The molecule has 0 radical (unpaired) electrons. The van der Waals surface area contributed by atoms with Crippen molar-refractivity contribution >= 4 is 17.5 Å². The first-order valence-electron chi connectivity index (χ1n) is 9.50. The average molecular weight is 365 g/mol. The molecule has 0 atom stereocenters. The number of benzene rings is 2. The van der Waals surface area contributed by atoms with Crippen molar-refractivity contribution in [2.45, 2.75) is 19.4 Å². The van der Waals surface area contributed by atoms with E-state index in [1.54, 1.807) is 7.05 Å². The van der Waals surface area contributed by atoms with E-state index >= 15 is 0 Å². The molecule has 0 unspecified atom stereocenters. The fourth-order valence-corrected chi connectivity index (χ4v) is 3.53. The molecule has 142 valence electrons. The molecule has 0 spiro atoms. The lowest BCUT2D eigenvalue weighted by molar-refractivity contribution is -0.126. The SMILES string of the molecule is CNC(=O)C1CCN(CC(=O)N(Cc2ccccc2)c2ccccc2)CC1. The number of anilines is 1. The largest absolute Gasteiger partial charge is 0.359 e. The predicted molar refractivity (Wildman–Crippen MR) is 107 cm³/mol. The number of carbonyl (C=O) groups excluding carboxylic acids is 2. The van der Waals surface area contributed by atoms with Crippen molar-refractivity contribution in [3.8, 4) is 0 Å². The molecule has 1 heterocycles. The zero-order chi connectivity index (χ0) is 19.1. The van der Waals surface area contributed by atoms with Crippen LogP contribution in [0.4, 0.5) is 5.69 Å². The van der Waals surface area contributed by atoms with Gasteiger partial charge in [-0.15, -0.1) is 0 Å². The van der Waals surface area contributed by atoms with Crippen molar-refractivity contribution in [3.05, 3.63) is 66.2 Å². The Morgan fingerprint density at radius 1 is 1.00 bits per heavy atom. The minimum atomic E-state index is 0.0656. The summed E-state index contributed by atoms with van der Waals surface area (Å²) in [6.07, 6.45) is 1.61. The minimum Gasteiger partial charge on any atom is -0.359 e. The van der Waals surface area contributed by atoms with Crippen molar-refractivity contribution in [2.75, 3.05) is 31.6 Å². The third-order valence-electron chi connectivity index (χ3n) is 5.12. The van der Waals surface area contributed by atoms with Crippen molar-refractivity contribution in [3.63, 3.8) is 0 Å². The first kappa shape index (κ1) is 19.1. The second kappa shape index (κ2) is 9.33. The molecule has 1 saturated heterocycles. The number of hydrogen-bond donors (Lipinski definition) is 1. The summed E-state index contributed by atoms with van der Waals surface area (Å²) < 4.78 is 0. The Bertz CT molecular complexity index is 741. The third kappa shape index (κ3) is 5.17. The van der Waals surface area contributed by atoms with Crippen LogP contribution in [0.5, 0.6) is 0 Å². The summed E-state index contributed by atoms with van der Waals surface area (Å²) in [5, 5.41) is 2.72. The molecule has 2 amide bonds. The zero-order valence-corrected chi connectivity index (χ0v) is 15.8. The average Bonchev–Trinajstić information content (AvgIpc) is 2.73. The summed E-state index contributed by atoms with van der Waals surface area (Å²) in [7, 11) is 1.68. The molecule has 3 rings (SSSR count). The maximum Gasteiger partial charge on any atom is 0.241 e. The molecule has 27 heavy (non-hydrogen) atoms. The zero-order valence-electron chi connectivity index (χ0n) is 15.8. The molecule has 0 saturated carbocycles. The monoisotopic (exact) mass is 365 g/mol. The Hall–Kier alpha value is -2.66. The smallest absolute Gasteiger partial charge is 0.241 e. The Labute approximate surface area is 161 Å². The Kier molecular flexibility index (Phi) is 6.60. The van der Waals surface area contributed by atoms with Gasteiger partial charge in [0, 0.05) is 18.7 Å². The van der Waals surface area contributed by atoms with Crippen LogP contribution in [0.15, 0.2) is 60.7 Å². The summed E-state index contributed by atoms with van der Waals surface area (Å²) in [6.45, 7) is 2.48. The highest BCUT2D eigenvalue weighted by atomic mass is 16.2. The summed E-state index contributed by atoms with van der Waals surface area (Å²) in [6, 6.07) is 19.9. The van der Waals surface area contributed by atoms with E-state index in [-0.39, 0.29) is 17.7 Å². The van der Waals surface area contributed by atoms with Gasteiger partial charge in [0.2, 0.25) is 11.8 Å². The predicted octanol–water partition coefficient (Wildman–Crippen LogP) is 2.68. The molecule has 0 aliphatic carbocycles. The van der Waals surface area contributed by atoms with Gasteiger partial charge in [0.25, 0.3) is 0 Å². The van der Waals surface area contributed by atoms with Gasteiger partial charge in [-0.05, 0) is 43.6 Å². The van der Waals surface area contributed by atoms with Gasteiger partial charge in [0.15, 0.2) is 0 Å². The van der Waals surface area contributed by atoms with Gasteiger partial charge in [-0.3, -0.25) is 14.5 Å². The molecule has 1 aliphatic rings. The highest BCUT2D eigenvalue weighted by Crippen LogP contribution is 2.20. The number of hydrogen-bond acceptors (Lipinski definition) is 3. The van der Waals surface area contributed by atoms with Gasteiger partial charge in [-0.2, -0.15) is 0 Å². The standard InChI is InChI=1S/C22H27N3O2/c1-23-22(27)19-12-14-24(15-13-19)17-21(26)25(20-10-6-3-7-11-20)16-18-8-4-2-5-9-18/h2-11,19H,12-17H2,1H3,(H,23,27). The molecule has 5 nitrogen and oxygen atoms in total. The van der Waals surface area contributed by atoms with Crippen LogP contribution in [0, 0.1) is 5.92 Å². The molecule has 1 aliphatic heterocycles. The Balaban J connectivity index is 1.66. The quantitative estimate of drug-likeness (QED) is 0.856. The van der Waals surface area contributed by atoms with Crippen LogP contribution in [-0.4, -0.2) is 43.4 Å². The molecule has 1 fully saturated rings. The van der Waals surface area contributed by atoms with Crippen LogP contribution < -0.4 is 10.2 Å². The van der Waals surface area contributed by atoms with Gasteiger partial charge < -0.3 is 10.2 Å². The number of amides is 2. The number of rotatable bonds is 6. The van der Waals surface area contributed by atoms with Crippen LogP contribution in [0.1, 0.15) is 18.4 Å². The maximum atomic E-state index is 13.1. The van der Waals surface area contributed by atoms with E-state index in [9.17, 15) is 9.59 Å².